The lowest BCUT2D eigenvalue weighted by Crippen LogP contribution is -2.25. The SMILES string of the molecule is C=CC(=O)Nc1cccc(CC(=O)NCc2nc(CC)n[nH]2)c1. The number of aryl methyl sites for hydroxylation is 1. The fourth-order valence-corrected chi connectivity index (χ4v) is 1.95. The normalized spacial score (nSPS) is 10.1. The van der Waals surface area contributed by atoms with E-state index in [1.165, 1.54) is 6.08 Å². The van der Waals surface area contributed by atoms with E-state index in [0.29, 0.717) is 18.1 Å². The largest absolute Gasteiger partial charge is 0.349 e. The highest BCUT2D eigenvalue weighted by molar-refractivity contribution is 5.98. The van der Waals surface area contributed by atoms with Crippen LogP contribution in [0.25, 0.3) is 0 Å². The number of aromatic amines is 1. The molecule has 0 radical (unpaired) electrons. The first kappa shape index (κ1) is 16.4. The molecule has 0 spiro atoms. The van der Waals surface area contributed by atoms with E-state index in [2.05, 4.69) is 32.4 Å². The summed E-state index contributed by atoms with van der Waals surface area (Å²) in [6.45, 7) is 5.66. The molecule has 2 aromatic rings. The highest BCUT2D eigenvalue weighted by Crippen LogP contribution is 2.11. The van der Waals surface area contributed by atoms with Crippen LogP contribution in [-0.4, -0.2) is 27.0 Å². The number of nitrogens with one attached hydrogen (secondary N) is 3. The van der Waals surface area contributed by atoms with Crippen LogP contribution >= 0.6 is 0 Å². The molecule has 7 nitrogen and oxygen atoms in total. The van der Waals surface area contributed by atoms with Crippen molar-refractivity contribution in [2.75, 3.05) is 5.32 Å². The average molecular weight is 313 g/mol. The highest BCUT2D eigenvalue weighted by atomic mass is 16.2. The predicted octanol–water partition coefficient (Wildman–Crippen LogP) is 1.35. The third-order valence-corrected chi connectivity index (χ3v) is 3.09. The standard InChI is InChI=1S/C16H19N5O2/c1-3-13-19-14(21-20-13)10-17-16(23)9-11-6-5-7-12(8-11)18-15(22)4-2/h4-8H,2-3,9-10H2,1H3,(H,17,23)(H,18,22)(H,19,20,21). The average Bonchev–Trinajstić information content (AvgIpc) is 3.01. The van der Waals surface area contributed by atoms with Gasteiger partial charge in [-0.2, -0.15) is 5.10 Å². The Kier molecular flexibility index (Phi) is 5.62. The smallest absolute Gasteiger partial charge is 0.247 e. The number of carbonyl (C=O) groups excluding carboxylic acids is 2. The lowest BCUT2D eigenvalue weighted by Gasteiger charge is -2.06. The number of amides is 2. The number of hydrogen-bond acceptors (Lipinski definition) is 4. The Morgan fingerprint density at radius 1 is 1.39 bits per heavy atom. The second-order valence-corrected chi connectivity index (χ2v) is 4.90. The van der Waals surface area contributed by atoms with E-state index in [4.69, 9.17) is 0 Å². The summed E-state index contributed by atoms with van der Waals surface area (Å²) in [5.74, 6) is 0.928. The minimum atomic E-state index is -0.288. The molecule has 0 atom stereocenters. The molecule has 0 unspecified atom stereocenters. The van der Waals surface area contributed by atoms with E-state index >= 15 is 0 Å². The van der Waals surface area contributed by atoms with E-state index < -0.39 is 0 Å². The topological polar surface area (TPSA) is 99.8 Å². The summed E-state index contributed by atoms with van der Waals surface area (Å²) in [6, 6.07) is 7.12. The first-order valence-corrected chi connectivity index (χ1v) is 7.30. The van der Waals surface area contributed by atoms with Gasteiger partial charge < -0.3 is 10.6 Å². The van der Waals surface area contributed by atoms with Crippen molar-refractivity contribution in [1.29, 1.82) is 0 Å². The molecule has 0 bridgehead atoms. The number of anilines is 1. The fourth-order valence-electron chi connectivity index (χ4n) is 1.95. The van der Waals surface area contributed by atoms with Gasteiger partial charge in [-0.15, -0.1) is 0 Å². The highest BCUT2D eigenvalue weighted by Gasteiger charge is 2.07. The summed E-state index contributed by atoms with van der Waals surface area (Å²) in [4.78, 5) is 27.5. The number of rotatable bonds is 7. The van der Waals surface area contributed by atoms with Crippen LogP contribution in [0.4, 0.5) is 5.69 Å². The maximum atomic E-state index is 12.0. The van der Waals surface area contributed by atoms with Crippen molar-refractivity contribution < 1.29 is 9.59 Å². The van der Waals surface area contributed by atoms with Crippen LogP contribution in [-0.2, 0) is 29.0 Å². The van der Waals surface area contributed by atoms with Crippen LogP contribution in [0.5, 0.6) is 0 Å². The maximum Gasteiger partial charge on any atom is 0.247 e. The van der Waals surface area contributed by atoms with Crippen LogP contribution in [0.2, 0.25) is 0 Å². The van der Waals surface area contributed by atoms with Crippen molar-refractivity contribution in [3.8, 4) is 0 Å². The maximum absolute atomic E-state index is 12.0. The second kappa shape index (κ2) is 7.88. The number of hydrogen-bond donors (Lipinski definition) is 3. The van der Waals surface area contributed by atoms with Gasteiger partial charge in [-0.25, -0.2) is 4.98 Å². The van der Waals surface area contributed by atoms with Gasteiger partial charge in [-0.1, -0.05) is 25.6 Å². The predicted molar refractivity (Wildman–Crippen MR) is 86.6 cm³/mol. The zero-order valence-corrected chi connectivity index (χ0v) is 12.9. The zero-order valence-electron chi connectivity index (χ0n) is 12.9. The molecule has 3 N–H and O–H groups in total. The third-order valence-electron chi connectivity index (χ3n) is 3.09. The van der Waals surface area contributed by atoms with Gasteiger partial charge in [0.2, 0.25) is 11.8 Å². The lowest BCUT2D eigenvalue weighted by atomic mass is 10.1. The first-order valence-electron chi connectivity index (χ1n) is 7.30. The summed E-state index contributed by atoms with van der Waals surface area (Å²) in [7, 11) is 0. The van der Waals surface area contributed by atoms with Crippen molar-refractivity contribution in [3.63, 3.8) is 0 Å². The van der Waals surface area contributed by atoms with Gasteiger partial charge in [0.25, 0.3) is 0 Å². The molecule has 1 heterocycles. The van der Waals surface area contributed by atoms with Crippen molar-refractivity contribution >= 4 is 17.5 Å². The van der Waals surface area contributed by atoms with Crippen molar-refractivity contribution in [2.45, 2.75) is 26.3 Å². The second-order valence-electron chi connectivity index (χ2n) is 4.90. The van der Waals surface area contributed by atoms with Gasteiger partial charge in [0.15, 0.2) is 5.82 Å². The molecule has 0 fully saturated rings. The Balaban J connectivity index is 1.88. The van der Waals surface area contributed by atoms with E-state index in [9.17, 15) is 9.59 Å². The van der Waals surface area contributed by atoms with E-state index in [1.807, 2.05) is 13.0 Å². The van der Waals surface area contributed by atoms with Crippen LogP contribution in [0, 0.1) is 0 Å². The van der Waals surface area contributed by atoms with E-state index in [0.717, 1.165) is 17.8 Å². The molecule has 1 aromatic carbocycles. The van der Waals surface area contributed by atoms with Crippen LogP contribution < -0.4 is 10.6 Å². The van der Waals surface area contributed by atoms with Gasteiger partial charge in [-0.3, -0.25) is 14.7 Å². The molecular weight excluding hydrogens is 294 g/mol. The minimum absolute atomic E-state index is 0.133. The first-order chi connectivity index (χ1) is 11.1. The van der Waals surface area contributed by atoms with Gasteiger partial charge in [-0.05, 0) is 23.8 Å². The van der Waals surface area contributed by atoms with E-state index in [-0.39, 0.29) is 18.2 Å². The van der Waals surface area contributed by atoms with Gasteiger partial charge in [0.05, 0.1) is 13.0 Å². The molecule has 2 rings (SSSR count). The van der Waals surface area contributed by atoms with E-state index in [1.54, 1.807) is 18.2 Å². The molecule has 7 heteroatoms. The number of carbonyl (C=O) groups is 2. The van der Waals surface area contributed by atoms with Crippen molar-refractivity contribution in [2.24, 2.45) is 0 Å². The summed E-state index contributed by atoms with van der Waals surface area (Å²) < 4.78 is 0. The van der Waals surface area contributed by atoms with Gasteiger partial charge in [0.1, 0.15) is 5.82 Å². The monoisotopic (exact) mass is 313 g/mol. The zero-order chi connectivity index (χ0) is 16.7. The molecule has 0 saturated heterocycles. The van der Waals surface area contributed by atoms with Crippen LogP contribution in [0.1, 0.15) is 24.1 Å². The van der Waals surface area contributed by atoms with Crippen LogP contribution in [0.3, 0.4) is 0 Å². The molecule has 0 aliphatic heterocycles. The Morgan fingerprint density at radius 2 is 2.22 bits per heavy atom. The lowest BCUT2D eigenvalue weighted by molar-refractivity contribution is -0.120. The van der Waals surface area contributed by atoms with Crippen molar-refractivity contribution in [1.82, 2.24) is 20.5 Å². The van der Waals surface area contributed by atoms with Gasteiger partial charge >= 0.3 is 0 Å². The molecule has 0 aliphatic carbocycles. The number of nitrogens with zero attached hydrogens (tertiary/aromatic N) is 2. The summed E-state index contributed by atoms with van der Waals surface area (Å²) in [6.07, 6.45) is 2.15. The fraction of sp³-hybridized carbons (Fsp3) is 0.250. The number of aromatic nitrogens is 3. The molecular formula is C16H19N5O2. The Bertz CT molecular complexity index is 708. The summed E-state index contributed by atoms with van der Waals surface area (Å²) >= 11 is 0. The quantitative estimate of drug-likeness (QED) is 0.672. The van der Waals surface area contributed by atoms with Gasteiger partial charge in [0, 0.05) is 12.1 Å². The Labute approximate surface area is 134 Å². The number of H-pyrrole nitrogens is 1. The molecule has 120 valence electrons. The Morgan fingerprint density at radius 3 is 2.91 bits per heavy atom. The molecule has 0 saturated carbocycles. The number of benzene rings is 1. The molecule has 1 aromatic heterocycles. The summed E-state index contributed by atoms with van der Waals surface area (Å²) in [5, 5.41) is 12.2. The van der Waals surface area contributed by atoms with Crippen LogP contribution in [0.15, 0.2) is 36.9 Å². The molecule has 2 amide bonds. The third kappa shape index (κ3) is 5.06. The Hall–Kier alpha value is -2.96. The minimum Gasteiger partial charge on any atom is -0.349 e. The van der Waals surface area contributed by atoms with Crippen molar-refractivity contribution in [3.05, 3.63) is 54.1 Å². The molecule has 23 heavy (non-hydrogen) atoms. The molecule has 0 aliphatic rings. The summed E-state index contributed by atoms with van der Waals surface area (Å²) in [5.41, 5.74) is 1.43.